The summed E-state index contributed by atoms with van der Waals surface area (Å²) in [5.41, 5.74) is 2.06. The van der Waals surface area contributed by atoms with Crippen LogP contribution in [-0.2, 0) is 20.7 Å². The number of benzene rings is 2. The molecule has 0 aliphatic carbocycles. The Labute approximate surface area is 198 Å². The van der Waals surface area contributed by atoms with Gasteiger partial charge in [0.2, 0.25) is 0 Å². The van der Waals surface area contributed by atoms with Crippen molar-refractivity contribution in [3.05, 3.63) is 58.7 Å². The molecule has 0 radical (unpaired) electrons. The van der Waals surface area contributed by atoms with Gasteiger partial charge in [-0.25, -0.2) is 0 Å². The molecule has 1 fully saturated rings. The molecule has 1 amide bonds. The summed E-state index contributed by atoms with van der Waals surface area (Å²) in [5, 5.41) is 11.3. The quantitative estimate of drug-likeness (QED) is 0.361. The molecule has 180 valence electrons. The molecule has 2 aliphatic rings. The topological polar surface area (TPSA) is 94.5 Å². The van der Waals surface area contributed by atoms with E-state index in [0.29, 0.717) is 35.7 Å². The van der Waals surface area contributed by atoms with Gasteiger partial charge in [-0.3, -0.25) is 9.59 Å². The average molecular weight is 468 g/mol. The fourth-order valence-corrected chi connectivity index (χ4v) is 4.50. The number of aliphatic hydroxyl groups excluding tert-OH is 1. The summed E-state index contributed by atoms with van der Waals surface area (Å²) in [6.45, 7) is 4.73. The number of methoxy groups -OCH3 is 2. The number of ether oxygens (including phenoxy) is 4. The number of hydrogen-bond donors (Lipinski definition) is 1. The normalized spacial score (nSPS) is 20.9. The Morgan fingerprint density at radius 1 is 1.15 bits per heavy atom. The minimum atomic E-state index is -0.803. The molecular weight excluding hydrogens is 438 g/mol. The van der Waals surface area contributed by atoms with E-state index < -0.39 is 17.7 Å². The molecule has 2 aliphatic heterocycles. The zero-order valence-electron chi connectivity index (χ0n) is 19.8. The minimum Gasteiger partial charge on any atom is -0.507 e. The zero-order valence-corrected chi connectivity index (χ0v) is 19.8. The molecular formula is C26H29NO7. The van der Waals surface area contributed by atoms with Crippen molar-refractivity contribution in [2.75, 3.05) is 34.0 Å². The second-order valence-corrected chi connectivity index (χ2v) is 8.28. The van der Waals surface area contributed by atoms with Gasteiger partial charge in [-0.05, 0) is 55.3 Å². The van der Waals surface area contributed by atoms with Gasteiger partial charge in [0.25, 0.3) is 11.7 Å². The molecule has 2 aromatic carbocycles. The number of Topliss-reactive ketones (excluding diaryl/α,β-unsaturated/α-hetero) is 1. The van der Waals surface area contributed by atoms with Crippen molar-refractivity contribution in [1.29, 1.82) is 0 Å². The van der Waals surface area contributed by atoms with Gasteiger partial charge in [0.1, 0.15) is 17.6 Å². The summed E-state index contributed by atoms with van der Waals surface area (Å²) >= 11 is 0. The van der Waals surface area contributed by atoms with E-state index in [9.17, 15) is 14.7 Å². The maximum atomic E-state index is 13.2. The van der Waals surface area contributed by atoms with E-state index in [1.165, 1.54) is 19.1 Å². The first kappa shape index (κ1) is 23.6. The SMILES string of the molecule is CCOc1ccc(C2/C(=C(\O)c3ccc4c(c3)CC(C)O4)C(=O)C(=O)N2CCOC)cc1OC. The third-order valence-corrected chi connectivity index (χ3v) is 6.05. The van der Waals surface area contributed by atoms with E-state index in [1.54, 1.807) is 30.3 Å². The Bertz CT molecular complexity index is 1140. The lowest BCUT2D eigenvalue weighted by molar-refractivity contribution is -0.140. The Hall–Kier alpha value is -3.52. The fourth-order valence-electron chi connectivity index (χ4n) is 4.50. The highest BCUT2D eigenvalue weighted by Crippen LogP contribution is 2.42. The van der Waals surface area contributed by atoms with Gasteiger partial charge >= 0.3 is 0 Å². The molecule has 1 saturated heterocycles. The van der Waals surface area contributed by atoms with Crippen LogP contribution in [0.4, 0.5) is 0 Å². The highest BCUT2D eigenvalue weighted by Gasteiger charge is 2.46. The van der Waals surface area contributed by atoms with Crippen LogP contribution in [0.5, 0.6) is 17.2 Å². The average Bonchev–Trinajstić information content (AvgIpc) is 3.33. The number of nitrogens with zero attached hydrogens (tertiary/aromatic N) is 1. The molecule has 8 nitrogen and oxygen atoms in total. The summed E-state index contributed by atoms with van der Waals surface area (Å²) in [7, 11) is 3.05. The molecule has 0 saturated carbocycles. The third-order valence-electron chi connectivity index (χ3n) is 6.05. The van der Waals surface area contributed by atoms with Crippen molar-refractivity contribution in [1.82, 2.24) is 4.90 Å². The van der Waals surface area contributed by atoms with Gasteiger partial charge in [0, 0.05) is 25.6 Å². The number of amides is 1. The van der Waals surface area contributed by atoms with Gasteiger partial charge < -0.3 is 29.0 Å². The fraction of sp³-hybridized carbons (Fsp3) is 0.385. The first-order valence-corrected chi connectivity index (χ1v) is 11.3. The molecule has 0 bridgehead atoms. The van der Waals surface area contributed by atoms with Gasteiger partial charge in [-0.2, -0.15) is 0 Å². The number of rotatable bonds is 8. The van der Waals surface area contributed by atoms with Crippen LogP contribution in [0.25, 0.3) is 5.76 Å². The first-order valence-electron chi connectivity index (χ1n) is 11.3. The largest absolute Gasteiger partial charge is 0.507 e. The van der Waals surface area contributed by atoms with Crippen molar-refractivity contribution in [2.24, 2.45) is 0 Å². The van der Waals surface area contributed by atoms with Crippen LogP contribution in [0.3, 0.4) is 0 Å². The summed E-state index contributed by atoms with van der Waals surface area (Å²) in [6.07, 6.45) is 0.751. The van der Waals surface area contributed by atoms with Gasteiger partial charge in [-0.15, -0.1) is 0 Å². The molecule has 0 aromatic heterocycles. The van der Waals surface area contributed by atoms with Gasteiger partial charge in [0.05, 0.1) is 31.9 Å². The maximum Gasteiger partial charge on any atom is 0.295 e. The number of carbonyl (C=O) groups excluding carboxylic acids is 2. The van der Waals surface area contributed by atoms with Crippen LogP contribution in [0.2, 0.25) is 0 Å². The Morgan fingerprint density at radius 2 is 1.94 bits per heavy atom. The summed E-state index contributed by atoms with van der Waals surface area (Å²) in [5.74, 6) is 0.137. The molecule has 2 atom stereocenters. The lowest BCUT2D eigenvalue weighted by atomic mass is 9.94. The maximum absolute atomic E-state index is 13.2. The Kier molecular flexibility index (Phi) is 6.79. The molecule has 8 heteroatoms. The summed E-state index contributed by atoms with van der Waals surface area (Å²) in [4.78, 5) is 27.6. The van der Waals surface area contributed by atoms with Crippen LogP contribution in [0, 0.1) is 0 Å². The van der Waals surface area contributed by atoms with Crippen LogP contribution >= 0.6 is 0 Å². The Balaban J connectivity index is 1.84. The number of hydrogen-bond acceptors (Lipinski definition) is 7. The highest BCUT2D eigenvalue weighted by atomic mass is 16.5. The standard InChI is InChI=1S/C26H29NO7/c1-5-33-20-9-6-16(14-21(20)32-4)23-22(25(29)26(30)27(23)10-11-31-3)24(28)17-7-8-19-18(13-17)12-15(2)34-19/h6-9,13-15,23,28H,5,10-12H2,1-4H3/b24-22+. The van der Waals surface area contributed by atoms with E-state index in [0.717, 1.165) is 11.3 Å². The van der Waals surface area contributed by atoms with E-state index in [1.807, 2.05) is 19.9 Å². The van der Waals surface area contributed by atoms with Gasteiger partial charge in [-0.1, -0.05) is 6.07 Å². The second kappa shape index (κ2) is 9.77. The number of fused-ring (bicyclic) bond motifs is 1. The monoisotopic (exact) mass is 467 g/mol. The van der Waals surface area contributed by atoms with Crippen molar-refractivity contribution in [3.63, 3.8) is 0 Å². The van der Waals surface area contributed by atoms with E-state index in [4.69, 9.17) is 18.9 Å². The molecule has 2 heterocycles. The predicted octanol–water partition coefficient (Wildman–Crippen LogP) is 3.49. The Morgan fingerprint density at radius 3 is 2.65 bits per heavy atom. The summed E-state index contributed by atoms with van der Waals surface area (Å²) < 4.78 is 22.0. The van der Waals surface area contributed by atoms with Crippen LogP contribution in [0.15, 0.2) is 42.0 Å². The second-order valence-electron chi connectivity index (χ2n) is 8.28. The lowest BCUT2D eigenvalue weighted by Crippen LogP contribution is -2.32. The first-order chi connectivity index (χ1) is 16.4. The highest BCUT2D eigenvalue weighted by molar-refractivity contribution is 6.46. The molecule has 4 rings (SSSR count). The van der Waals surface area contributed by atoms with Gasteiger partial charge in [0.15, 0.2) is 11.5 Å². The predicted molar refractivity (Wildman–Crippen MR) is 125 cm³/mol. The number of ketones is 1. The lowest BCUT2D eigenvalue weighted by Gasteiger charge is -2.25. The third kappa shape index (κ3) is 4.21. The van der Waals surface area contributed by atoms with Crippen molar-refractivity contribution >= 4 is 17.4 Å². The van der Waals surface area contributed by atoms with Crippen LogP contribution < -0.4 is 14.2 Å². The van der Waals surface area contributed by atoms with Crippen LogP contribution in [0.1, 0.15) is 36.6 Å². The number of carbonyl (C=O) groups is 2. The molecule has 34 heavy (non-hydrogen) atoms. The van der Waals surface area contributed by atoms with E-state index >= 15 is 0 Å². The van der Waals surface area contributed by atoms with Crippen molar-refractivity contribution in [2.45, 2.75) is 32.4 Å². The number of likely N-dealkylation sites (tertiary alicyclic amines) is 1. The molecule has 1 N–H and O–H groups in total. The molecule has 0 spiro atoms. The van der Waals surface area contributed by atoms with E-state index in [-0.39, 0.29) is 30.6 Å². The molecule has 2 unspecified atom stereocenters. The smallest absolute Gasteiger partial charge is 0.295 e. The van der Waals surface area contributed by atoms with E-state index in [2.05, 4.69) is 0 Å². The zero-order chi connectivity index (χ0) is 24.4. The number of aliphatic hydroxyl groups is 1. The van der Waals surface area contributed by atoms with Crippen molar-refractivity contribution in [3.8, 4) is 17.2 Å². The minimum absolute atomic E-state index is 0.0271. The van der Waals surface area contributed by atoms with Crippen molar-refractivity contribution < 1.29 is 33.6 Å². The summed E-state index contributed by atoms with van der Waals surface area (Å²) in [6, 6.07) is 9.73. The molecule has 2 aromatic rings. The van der Waals surface area contributed by atoms with Crippen LogP contribution in [-0.4, -0.2) is 61.8 Å².